The second-order valence-electron chi connectivity index (χ2n) is 6.85. The molecule has 1 rings (SSSR count). The van der Waals surface area contributed by atoms with E-state index in [1.165, 1.54) is 0 Å². The molecule has 0 aromatic heterocycles. The average Bonchev–Trinajstić information content (AvgIpc) is 2.76. The standard InChI is InChI=1S/C15H28N2O3/c1-5-7-15(8-6-9-16-15)13(20)17-11(10-12(18)19)14(2,3)4/h11,16H,5-10H2,1-4H3,(H,17,20)(H,18,19). The molecule has 0 aromatic rings. The molecule has 0 saturated carbocycles. The lowest BCUT2D eigenvalue weighted by atomic mass is 9.83. The summed E-state index contributed by atoms with van der Waals surface area (Å²) in [4.78, 5) is 23.6. The number of carboxylic acid groups (broad SMARTS) is 1. The second-order valence-corrected chi connectivity index (χ2v) is 6.85. The highest BCUT2D eigenvalue weighted by atomic mass is 16.4. The molecule has 0 bridgehead atoms. The summed E-state index contributed by atoms with van der Waals surface area (Å²) in [6.45, 7) is 8.78. The molecule has 0 spiro atoms. The molecule has 1 aliphatic rings. The molecular weight excluding hydrogens is 256 g/mol. The van der Waals surface area contributed by atoms with E-state index < -0.39 is 11.5 Å². The first-order chi connectivity index (χ1) is 9.21. The normalized spacial score (nSPS) is 24.4. The van der Waals surface area contributed by atoms with E-state index in [-0.39, 0.29) is 23.8 Å². The van der Waals surface area contributed by atoms with Crippen LogP contribution in [0.25, 0.3) is 0 Å². The van der Waals surface area contributed by atoms with E-state index in [0.29, 0.717) is 0 Å². The van der Waals surface area contributed by atoms with Crippen molar-refractivity contribution in [3.8, 4) is 0 Å². The number of carboxylic acids is 1. The Labute approximate surface area is 121 Å². The van der Waals surface area contributed by atoms with Gasteiger partial charge < -0.3 is 15.7 Å². The molecule has 0 aromatic carbocycles. The lowest BCUT2D eigenvalue weighted by Crippen LogP contribution is -2.58. The molecule has 116 valence electrons. The third-order valence-electron chi connectivity index (χ3n) is 4.08. The monoisotopic (exact) mass is 284 g/mol. The summed E-state index contributed by atoms with van der Waals surface area (Å²) in [6.07, 6.45) is 3.50. The number of carbonyl (C=O) groups excluding carboxylic acids is 1. The summed E-state index contributed by atoms with van der Waals surface area (Å²) in [5.74, 6) is -0.924. The number of amides is 1. The summed E-state index contributed by atoms with van der Waals surface area (Å²) in [5, 5.41) is 15.3. The van der Waals surface area contributed by atoms with E-state index in [9.17, 15) is 9.59 Å². The Morgan fingerprint density at radius 1 is 1.40 bits per heavy atom. The van der Waals surface area contributed by atoms with Crippen molar-refractivity contribution in [1.29, 1.82) is 0 Å². The fraction of sp³-hybridized carbons (Fsp3) is 0.867. The second kappa shape index (κ2) is 6.57. The van der Waals surface area contributed by atoms with Crippen molar-refractivity contribution >= 4 is 11.9 Å². The number of hydrogen-bond acceptors (Lipinski definition) is 3. The van der Waals surface area contributed by atoms with Gasteiger partial charge in [-0.15, -0.1) is 0 Å². The molecule has 1 heterocycles. The fourth-order valence-corrected chi connectivity index (χ4v) is 2.80. The molecule has 1 saturated heterocycles. The minimum atomic E-state index is -0.880. The number of hydrogen-bond donors (Lipinski definition) is 3. The van der Waals surface area contributed by atoms with Gasteiger partial charge in [0.2, 0.25) is 5.91 Å². The summed E-state index contributed by atoms with van der Waals surface area (Å²) < 4.78 is 0. The highest BCUT2D eigenvalue weighted by Gasteiger charge is 2.42. The molecule has 5 heteroatoms. The van der Waals surface area contributed by atoms with Gasteiger partial charge in [0.15, 0.2) is 0 Å². The van der Waals surface area contributed by atoms with E-state index in [4.69, 9.17) is 5.11 Å². The van der Waals surface area contributed by atoms with Crippen LogP contribution in [-0.2, 0) is 9.59 Å². The van der Waals surface area contributed by atoms with Gasteiger partial charge in [0.25, 0.3) is 0 Å². The number of carbonyl (C=O) groups is 2. The van der Waals surface area contributed by atoms with E-state index >= 15 is 0 Å². The van der Waals surface area contributed by atoms with E-state index in [1.807, 2.05) is 20.8 Å². The van der Waals surface area contributed by atoms with Crippen molar-refractivity contribution in [3.05, 3.63) is 0 Å². The third-order valence-corrected chi connectivity index (χ3v) is 4.08. The Hall–Kier alpha value is -1.10. The molecule has 5 nitrogen and oxygen atoms in total. The fourth-order valence-electron chi connectivity index (χ4n) is 2.80. The van der Waals surface area contributed by atoms with E-state index in [2.05, 4.69) is 17.6 Å². The predicted octanol–water partition coefficient (Wildman–Crippen LogP) is 1.91. The van der Waals surface area contributed by atoms with Gasteiger partial charge >= 0.3 is 5.97 Å². The van der Waals surface area contributed by atoms with Crippen molar-refractivity contribution in [3.63, 3.8) is 0 Å². The number of rotatable bonds is 6. The van der Waals surface area contributed by atoms with Crippen LogP contribution >= 0.6 is 0 Å². The lowest BCUT2D eigenvalue weighted by molar-refractivity contribution is -0.139. The first kappa shape index (κ1) is 17.0. The Balaban J connectivity index is 2.81. The number of aliphatic carboxylic acids is 1. The Bertz CT molecular complexity index is 355. The van der Waals surface area contributed by atoms with Gasteiger partial charge in [-0.05, 0) is 31.2 Å². The first-order valence-electron chi connectivity index (χ1n) is 7.49. The maximum atomic E-state index is 12.6. The minimum Gasteiger partial charge on any atom is -0.481 e. The average molecular weight is 284 g/mol. The molecule has 2 atom stereocenters. The Morgan fingerprint density at radius 3 is 2.45 bits per heavy atom. The van der Waals surface area contributed by atoms with Crippen LogP contribution in [0.4, 0.5) is 0 Å². The highest BCUT2D eigenvalue weighted by Crippen LogP contribution is 2.27. The van der Waals surface area contributed by atoms with Crippen LogP contribution in [0, 0.1) is 5.41 Å². The van der Waals surface area contributed by atoms with Crippen LogP contribution in [0.15, 0.2) is 0 Å². The van der Waals surface area contributed by atoms with Crippen LogP contribution in [-0.4, -0.2) is 35.1 Å². The maximum Gasteiger partial charge on any atom is 0.305 e. The quantitative estimate of drug-likeness (QED) is 0.696. The van der Waals surface area contributed by atoms with Gasteiger partial charge in [-0.3, -0.25) is 9.59 Å². The topological polar surface area (TPSA) is 78.4 Å². The predicted molar refractivity (Wildman–Crippen MR) is 78.5 cm³/mol. The van der Waals surface area contributed by atoms with Crippen molar-refractivity contribution in [2.24, 2.45) is 5.41 Å². The SMILES string of the molecule is CCCC1(C(=O)NC(CC(=O)O)C(C)(C)C)CCCN1. The van der Waals surface area contributed by atoms with Crippen molar-refractivity contribution in [1.82, 2.24) is 10.6 Å². The zero-order valence-corrected chi connectivity index (χ0v) is 13.1. The van der Waals surface area contributed by atoms with Gasteiger partial charge in [0.1, 0.15) is 0 Å². The smallest absolute Gasteiger partial charge is 0.305 e. The van der Waals surface area contributed by atoms with E-state index in [1.54, 1.807) is 0 Å². The molecule has 0 radical (unpaired) electrons. The zero-order chi connectivity index (χ0) is 15.4. The van der Waals surface area contributed by atoms with Crippen LogP contribution in [0.2, 0.25) is 0 Å². The largest absolute Gasteiger partial charge is 0.481 e. The maximum absolute atomic E-state index is 12.6. The molecule has 1 amide bonds. The molecule has 2 unspecified atom stereocenters. The molecule has 0 aliphatic carbocycles. The molecule has 1 aliphatic heterocycles. The summed E-state index contributed by atoms with van der Waals surface area (Å²) in [7, 11) is 0. The molecule has 1 fully saturated rings. The third kappa shape index (κ3) is 4.20. The van der Waals surface area contributed by atoms with Crippen LogP contribution in [0.1, 0.15) is 59.8 Å². The van der Waals surface area contributed by atoms with E-state index in [0.717, 1.165) is 32.2 Å². The molecule has 3 N–H and O–H groups in total. The van der Waals surface area contributed by atoms with Crippen molar-refractivity contribution < 1.29 is 14.7 Å². The summed E-state index contributed by atoms with van der Waals surface area (Å²) >= 11 is 0. The summed E-state index contributed by atoms with van der Waals surface area (Å²) in [5.41, 5.74) is -0.781. The van der Waals surface area contributed by atoms with Crippen LogP contribution in [0.5, 0.6) is 0 Å². The lowest BCUT2D eigenvalue weighted by Gasteiger charge is -2.35. The highest BCUT2D eigenvalue weighted by molar-refractivity contribution is 5.87. The number of nitrogens with one attached hydrogen (secondary N) is 2. The van der Waals surface area contributed by atoms with Crippen molar-refractivity contribution in [2.75, 3.05) is 6.54 Å². The zero-order valence-electron chi connectivity index (χ0n) is 13.1. The minimum absolute atomic E-state index is 0.0435. The molecular formula is C15H28N2O3. The van der Waals surface area contributed by atoms with Crippen LogP contribution < -0.4 is 10.6 Å². The Kier molecular flexibility index (Phi) is 5.57. The summed E-state index contributed by atoms with van der Waals surface area (Å²) in [6, 6.07) is -0.358. The van der Waals surface area contributed by atoms with Gasteiger partial charge in [-0.2, -0.15) is 0 Å². The van der Waals surface area contributed by atoms with Gasteiger partial charge in [0.05, 0.1) is 12.0 Å². The first-order valence-corrected chi connectivity index (χ1v) is 7.49. The van der Waals surface area contributed by atoms with Gasteiger partial charge in [-0.1, -0.05) is 34.1 Å². The van der Waals surface area contributed by atoms with Crippen molar-refractivity contribution in [2.45, 2.75) is 71.4 Å². The van der Waals surface area contributed by atoms with Crippen LogP contribution in [0.3, 0.4) is 0 Å². The Morgan fingerprint density at radius 2 is 2.05 bits per heavy atom. The van der Waals surface area contributed by atoms with Gasteiger partial charge in [0, 0.05) is 6.04 Å². The molecule has 20 heavy (non-hydrogen) atoms. The van der Waals surface area contributed by atoms with Gasteiger partial charge in [-0.25, -0.2) is 0 Å².